The molecule has 0 aliphatic rings. The van der Waals surface area contributed by atoms with Gasteiger partial charge in [0, 0.05) is 40.7 Å². The van der Waals surface area contributed by atoms with Crippen LogP contribution in [-0.4, -0.2) is 15.9 Å². The summed E-state index contributed by atoms with van der Waals surface area (Å²) in [7, 11) is 0. The Bertz CT molecular complexity index is 688. The number of carbonyl (C=O) groups excluding carboxylic acids is 1. The number of aromatic amines is 1. The first-order chi connectivity index (χ1) is 8.84. The van der Waals surface area contributed by atoms with E-state index in [1.54, 1.807) is 24.5 Å². The fourth-order valence-electron chi connectivity index (χ4n) is 1.92. The van der Waals surface area contributed by atoms with Crippen molar-refractivity contribution in [3.63, 3.8) is 0 Å². The first-order valence-electron chi connectivity index (χ1n) is 5.62. The lowest BCUT2D eigenvalue weighted by molar-refractivity contribution is 0.102. The van der Waals surface area contributed by atoms with Crippen LogP contribution in [0.25, 0.3) is 10.9 Å². The lowest BCUT2D eigenvalue weighted by Crippen LogP contribution is -2.12. The van der Waals surface area contributed by atoms with E-state index in [9.17, 15) is 4.79 Å². The normalized spacial score (nSPS) is 10.4. The average Bonchev–Trinajstić information content (AvgIpc) is 2.87. The number of pyridine rings is 1. The molecule has 2 N–H and O–H groups in total. The zero-order valence-electron chi connectivity index (χ0n) is 9.55. The summed E-state index contributed by atoms with van der Waals surface area (Å²) in [4.78, 5) is 19.2. The van der Waals surface area contributed by atoms with Crippen LogP contribution >= 0.6 is 0 Å². The third-order valence-corrected chi connectivity index (χ3v) is 2.78. The smallest absolute Gasteiger partial charge is 0.256 e. The van der Waals surface area contributed by atoms with E-state index in [-0.39, 0.29) is 5.91 Å². The Morgan fingerprint density at radius 1 is 1.11 bits per heavy atom. The number of nitrogens with one attached hydrogen (secondary N) is 2. The van der Waals surface area contributed by atoms with Crippen LogP contribution in [0.5, 0.6) is 0 Å². The fourth-order valence-corrected chi connectivity index (χ4v) is 1.92. The maximum absolute atomic E-state index is 12.2. The molecular formula is C14H11N3O. The molecular weight excluding hydrogens is 226 g/mol. The van der Waals surface area contributed by atoms with E-state index in [0.29, 0.717) is 5.56 Å². The van der Waals surface area contributed by atoms with Crippen molar-refractivity contribution in [2.75, 3.05) is 5.32 Å². The Balaban J connectivity index is 1.95. The molecule has 0 radical (unpaired) electrons. The number of aromatic nitrogens is 2. The topological polar surface area (TPSA) is 57.8 Å². The molecule has 2 aromatic heterocycles. The summed E-state index contributed by atoms with van der Waals surface area (Å²) in [5.41, 5.74) is 2.35. The molecule has 0 bridgehead atoms. The number of hydrogen-bond donors (Lipinski definition) is 2. The third-order valence-electron chi connectivity index (χ3n) is 2.78. The second-order valence-corrected chi connectivity index (χ2v) is 3.93. The maximum Gasteiger partial charge on any atom is 0.256 e. The van der Waals surface area contributed by atoms with Crippen LogP contribution < -0.4 is 5.32 Å². The van der Waals surface area contributed by atoms with E-state index in [1.165, 1.54) is 0 Å². The molecule has 4 nitrogen and oxygen atoms in total. The van der Waals surface area contributed by atoms with Crippen LogP contribution in [0.2, 0.25) is 0 Å². The van der Waals surface area contributed by atoms with E-state index in [2.05, 4.69) is 15.3 Å². The van der Waals surface area contributed by atoms with Crippen LogP contribution in [0.4, 0.5) is 5.69 Å². The lowest BCUT2D eigenvalue weighted by Gasteiger charge is -2.05. The first-order valence-corrected chi connectivity index (χ1v) is 5.62. The van der Waals surface area contributed by atoms with Gasteiger partial charge in [0.25, 0.3) is 5.91 Å². The highest BCUT2D eigenvalue weighted by molar-refractivity contribution is 6.12. The highest BCUT2D eigenvalue weighted by atomic mass is 16.1. The summed E-state index contributed by atoms with van der Waals surface area (Å²) < 4.78 is 0. The van der Waals surface area contributed by atoms with E-state index in [4.69, 9.17) is 0 Å². The summed E-state index contributed by atoms with van der Waals surface area (Å²) in [5, 5.41) is 3.77. The lowest BCUT2D eigenvalue weighted by atomic mass is 10.1. The molecule has 1 amide bonds. The predicted molar refractivity (Wildman–Crippen MR) is 70.5 cm³/mol. The van der Waals surface area contributed by atoms with E-state index in [0.717, 1.165) is 16.6 Å². The van der Waals surface area contributed by atoms with Crippen molar-refractivity contribution in [2.45, 2.75) is 0 Å². The molecule has 2 heterocycles. The summed E-state index contributed by atoms with van der Waals surface area (Å²) >= 11 is 0. The zero-order chi connectivity index (χ0) is 12.4. The van der Waals surface area contributed by atoms with Crippen LogP contribution in [-0.2, 0) is 0 Å². The van der Waals surface area contributed by atoms with Crippen molar-refractivity contribution < 1.29 is 4.79 Å². The summed E-state index contributed by atoms with van der Waals surface area (Å²) in [6, 6.07) is 11.0. The summed E-state index contributed by atoms with van der Waals surface area (Å²) in [5.74, 6) is -0.119. The SMILES string of the molecule is O=C(Nc1ccncc1)c1cccc2[nH]ccc12. The minimum absolute atomic E-state index is 0.119. The van der Waals surface area contributed by atoms with Gasteiger partial charge in [-0.1, -0.05) is 6.07 Å². The van der Waals surface area contributed by atoms with Crippen molar-refractivity contribution in [1.82, 2.24) is 9.97 Å². The third kappa shape index (κ3) is 1.84. The minimum Gasteiger partial charge on any atom is -0.361 e. The van der Waals surface area contributed by atoms with Crippen molar-refractivity contribution in [2.24, 2.45) is 0 Å². The Labute approximate surface area is 104 Å². The number of fused-ring (bicyclic) bond motifs is 1. The number of benzene rings is 1. The minimum atomic E-state index is -0.119. The number of anilines is 1. The average molecular weight is 237 g/mol. The Kier molecular flexibility index (Phi) is 2.53. The van der Waals surface area contributed by atoms with E-state index >= 15 is 0 Å². The molecule has 0 fully saturated rings. The highest BCUT2D eigenvalue weighted by Gasteiger charge is 2.10. The summed E-state index contributed by atoms with van der Waals surface area (Å²) in [6.07, 6.45) is 5.12. The predicted octanol–water partition coefficient (Wildman–Crippen LogP) is 2.82. The van der Waals surface area contributed by atoms with Gasteiger partial charge in [-0.3, -0.25) is 9.78 Å². The van der Waals surface area contributed by atoms with Crippen LogP contribution in [0.1, 0.15) is 10.4 Å². The number of amides is 1. The Hall–Kier alpha value is -2.62. The number of H-pyrrole nitrogens is 1. The van der Waals surface area contributed by atoms with E-state index in [1.807, 2.05) is 30.5 Å². The van der Waals surface area contributed by atoms with Crippen LogP contribution in [0.3, 0.4) is 0 Å². The molecule has 0 aliphatic carbocycles. The van der Waals surface area contributed by atoms with Gasteiger partial charge in [-0.15, -0.1) is 0 Å². The highest BCUT2D eigenvalue weighted by Crippen LogP contribution is 2.18. The maximum atomic E-state index is 12.2. The molecule has 3 rings (SSSR count). The second-order valence-electron chi connectivity index (χ2n) is 3.93. The standard InChI is InChI=1S/C14H11N3O/c18-14(17-10-4-7-15-8-5-10)12-2-1-3-13-11(12)6-9-16-13/h1-9,16H,(H,15,17,18). The van der Waals surface area contributed by atoms with Crippen molar-refractivity contribution in [3.05, 3.63) is 60.6 Å². The second kappa shape index (κ2) is 4.33. The molecule has 0 unspecified atom stereocenters. The zero-order valence-corrected chi connectivity index (χ0v) is 9.55. The van der Waals surface area contributed by atoms with Crippen LogP contribution in [0, 0.1) is 0 Å². The molecule has 1 aromatic carbocycles. The fraction of sp³-hybridized carbons (Fsp3) is 0. The number of nitrogens with zero attached hydrogens (tertiary/aromatic N) is 1. The van der Waals surface area contributed by atoms with Gasteiger partial charge in [-0.05, 0) is 30.3 Å². The van der Waals surface area contributed by atoms with Gasteiger partial charge in [0.1, 0.15) is 0 Å². The molecule has 0 aliphatic heterocycles. The molecule has 88 valence electrons. The number of hydrogen-bond acceptors (Lipinski definition) is 2. The quantitative estimate of drug-likeness (QED) is 0.720. The van der Waals surface area contributed by atoms with Gasteiger partial charge in [-0.2, -0.15) is 0 Å². The molecule has 0 saturated carbocycles. The van der Waals surface area contributed by atoms with Gasteiger partial charge >= 0.3 is 0 Å². The first kappa shape index (κ1) is 10.5. The van der Waals surface area contributed by atoms with Gasteiger partial charge in [-0.25, -0.2) is 0 Å². The number of rotatable bonds is 2. The Morgan fingerprint density at radius 3 is 2.78 bits per heavy atom. The number of carbonyl (C=O) groups is 1. The molecule has 3 aromatic rings. The van der Waals surface area contributed by atoms with Gasteiger partial charge < -0.3 is 10.3 Å². The Morgan fingerprint density at radius 2 is 1.94 bits per heavy atom. The van der Waals surface area contributed by atoms with Crippen LogP contribution in [0.15, 0.2) is 55.0 Å². The monoisotopic (exact) mass is 237 g/mol. The van der Waals surface area contributed by atoms with Crippen molar-refractivity contribution in [1.29, 1.82) is 0 Å². The molecule has 4 heteroatoms. The molecule has 18 heavy (non-hydrogen) atoms. The van der Waals surface area contributed by atoms with E-state index < -0.39 is 0 Å². The van der Waals surface area contributed by atoms with Gasteiger partial charge in [0.2, 0.25) is 0 Å². The van der Waals surface area contributed by atoms with Crippen molar-refractivity contribution >= 4 is 22.5 Å². The largest absolute Gasteiger partial charge is 0.361 e. The van der Waals surface area contributed by atoms with Gasteiger partial charge in [0.15, 0.2) is 0 Å². The molecule has 0 spiro atoms. The summed E-state index contributed by atoms with van der Waals surface area (Å²) in [6.45, 7) is 0. The molecule has 0 saturated heterocycles. The van der Waals surface area contributed by atoms with Crippen molar-refractivity contribution in [3.8, 4) is 0 Å². The molecule has 0 atom stereocenters. The van der Waals surface area contributed by atoms with Gasteiger partial charge in [0.05, 0.1) is 0 Å².